The number of alkyl carbamates (subject to hydrolysis) is 1. The Balaban J connectivity index is 2.92. The van der Waals surface area contributed by atoms with E-state index in [-0.39, 0.29) is 0 Å². The van der Waals surface area contributed by atoms with E-state index in [9.17, 15) is 14.4 Å². The molecule has 1 aromatic rings. The van der Waals surface area contributed by atoms with Crippen LogP contribution >= 0.6 is 0 Å². The Bertz CT molecular complexity index is 566. The van der Waals surface area contributed by atoms with Gasteiger partial charge >= 0.3 is 12.1 Å². The normalized spacial score (nSPS) is 13.6. The smallest absolute Gasteiger partial charge is 0.408 e. The van der Waals surface area contributed by atoms with Gasteiger partial charge in [-0.25, -0.2) is 4.79 Å². The SMILES string of the molecule is C[C@H](NC(=O)[C@H](NC(=O)OC(C)(C)C)c1ccccc1)C(=O)O. The fraction of sp³-hybridized carbons (Fsp3) is 0.438. The number of carbonyl (C=O) groups is 3. The average Bonchev–Trinajstić information content (AvgIpc) is 2.43. The summed E-state index contributed by atoms with van der Waals surface area (Å²) in [4.78, 5) is 35.1. The van der Waals surface area contributed by atoms with Crippen molar-refractivity contribution in [1.29, 1.82) is 0 Å². The predicted molar refractivity (Wildman–Crippen MR) is 83.8 cm³/mol. The van der Waals surface area contributed by atoms with Gasteiger partial charge in [0, 0.05) is 0 Å². The summed E-state index contributed by atoms with van der Waals surface area (Å²) in [7, 11) is 0. The molecule has 0 spiro atoms. The molecule has 0 aromatic heterocycles. The highest BCUT2D eigenvalue weighted by Crippen LogP contribution is 2.15. The van der Waals surface area contributed by atoms with Crippen LogP contribution in [0.25, 0.3) is 0 Å². The van der Waals surface area contributed by atoms with Gasteiger partial charge in [0.05, 0.1) is 0 Å². The molecule has 0 saturated heterocycles. The molecule has 23 heavy (non-hydrogen) atoms. The molecule has 1 aromatic carbocycles. The van der Waals surface area contributed by atoms with E-state index in [0.717, 1.165) is 0 Å². The fourth-order valence-electron chi connectivity index (χ4n) is 1.73. The first-order chi connectivity index (χ1) is 10.6. The number of benzene rings is 1. The van der Waals surface area contributed by atoms with Gasteiger partial charge in [-0.3, -0.25) is 9.59 Å². The van der Waals surface area contributed by atoms with Crippen molar-refractivity contribution in [1.82, 2.24) is 10.6 Å². The molecule has 7 heteroatoms. The third-order valence-corrected chi connectivity index (χ3v) is 2.79. The van der Waals surface area contributed by atoms with Gasteiger partial charge < -0.3 is 20.5 Å². The highest BCUT2D eigenvalue weighted by atomic mass is 16.6. The zero-order valence-electron chi connectivity index (χ0n) is 13.6. The largest absolute Gasteiger partial charge is 0.480 e. The van der Waals surface area contributed by atoms with Crippen molar-refractivity contribution in [2.24, 2.45) is 0 Å². The van der Waals surface area contributed by atoms with E-state index in [1.54, 1.807) is 51.1 Å². The van der Waals surface area contributed by atoms with Crippen LogP contribution in [-0.2, 0) is 14.3 Å². The van der Waals surface area contributed by atoms with Crippen molar-refractivity contribution < 1.29 is 24.2 Å². The standard InChI is InChI=1S/C16H22N2O5/c1-10(14(20)21)17-13(19)12(11-8-6-5-7-9-11)18-15(22)23-16(2,3)4/h5-10,12H,1-4H3,(H,17,19)(H,18,22)(H,20,21)/t10-,12+/m0/s1. The van der Waals surface area contributed by atoms with Crippen molar-refractivity contribution in [3.63, 3.8) is 0 Å². The lowest BCUT2D eigenvalue weighted by Crippen LogP contribution is -2.47. The third kappa shape index (κ3) is 6.37. The highest BCUT2D eigenvalue weighted by molar-refractivity contribution is 5.90. The molecule has 3 N–H and O–H groups in total. The lowest BCUT2D eigenvalue weighted by atomic mass is 10.1. The third-order valence-electron chi connectivity index (χ3n) is 2.79. The number of amides is 2. The Labute approximate surface area is 135 Å². The van der Waals surface area contributed by atoms with Crippen molar-refractivity contribution in [3.8, 4) is 0 Å². The van der Waals surface area contributed by atoms with Crippen molar-refractivity contribution in [2.45, 2.75) is 45.4 Å². The van der Waals surface area contributed by atoms with Gasteiger partial charge in [0.15, 0.2) is 0 Å². The summed E-state index contributed by atoms with van der Waals surface area (Å²) >= 11 is 0. The lowest BCUT2D eigenvalue weighted by Gasteiger charge is -2.24. The fourth-order valence-corrected chi connectivity index (χ4v) is 1.73. The van der Waals surface area contributed by atoms with E-state index in [2.05, 4.69) is 10.6 Å². The first-order valence-electron chi connectivity index (χ1n) is 7.18. The number of hydrogen-bond acceptors (Lipinski definition) is 4. The van der Waals surface area contributed by atoms with E-state index < -0.39 is 35.7 Å². The maximum absolute atomic E-state index is 12.3. The number of carboxylic acid groups (broad SMARTS) is 1. The minimum atomic E-state index is -1.16. The number of rotatable bonds is 5. The zero-order valence-corrected chi connectivity index (χ0v) is 13.6. The Kier molecular flexibility index (Phi) is 6.12. The molecule has 1 rings (SSSR count). The molecule has 7 nitrogen and oxygen atoms in total. The molecule has 0 heterocycles. The molecule has 126 valence electrons. The molecule has 0 bridgehead atoms. The number of nitrogens with one attached hydrogen (secondary N) is 2. The van der Waals surface area contributed by atoms with E-state index >= 15 is 0 Å². The summed E-state index contributed by atoms with van der Waals surface area (Å²) in [6, 6.07) is 6.40. The molecular weight excluding hydrogens is 300 g/mol. The maximum Gasteiger partial charge on any atom is 0.408 e. The summed E-state index contributed by atoms with van der Waals surface area (Å²) < 4.78 is 5.15. The summed E-state index contributed by atoms with van der Waals surface area (Å²) in [6.07, 6.45) is -0.760. The average molecular weight is 322 g/mol. The first kappa shape index (κ1) is 18.5. The Morgan fingerprint density at radius 1 is 1.09 bits per heavy atom. The van der Waals surface area contributed by atoms with Crippen LogP contribution in [0.1, 0.15) is 39.3 Å². The number of carbonyl (C=O) groups excluding carboxylic acids is 2. The van der Waals surface area contributed by atoms with Gasteiger partial charge in [-0.1, -0.05) is 30.3 Å². The second kappa shape index (κ2) is 7.62. The molecule has 2 amide bonds. The quantitative estimate of drug-likeness (QED) is 0.767. The van der Waals surface area contributed by atoms with E-state index in [1.807, 2.05) is 0 Å². The topological polar surface area (TPSA) is 105 Å². The van der Waals surface area contributed by atoms with Crippen molar-refractivity contribution >= 4 is 18.0 Å². The predicted octanol–water partition coefficient (Wildman–Crippen LogP) is 1.84. The Morgan fingerprint density at radius 2 is 1.65 bits per heavy atom. The van der Waals surface area contributed by atoms with Crippen LogP contribution in [0.2, 0.25) is 0 Å². The first-order valence-corrected chi connectivity index (χ1v) is 7.18. The summed E-state index contributed by atoms with van der Waals surface area (Å²) in [5.74, 6) is -1.79. The number of hydrogen-bond donors (Lipinski definition) is 3. The maximum atomic E-state index is 12.3. The van der Waals surface area contributed by atoms with Gasteiger partial charge in [0.25, 0.3) is 0 Å². The number of ether oxygens (including phenoxy) is 1. The molecular formula is C16H22N2O5. The molecule has 0 radical (unpaired) electrons. The molecule has 0 aliphatic rings. The van der Waals surface area contributed by atoms with Crippen LogP contribution in [0.4, 0.5) is 4.79 Å². The summed E-state index contributed by atoms with van der Waals surface area (Å²) in [5, 5.41) is 13.7. The van der Waals surface area contributed by atoms with Crippen LogP contribution in [0.5, 0.6) is 0 Å². The van der Waals surface area contributed by atoms with Gasteiger partial charge in [0.1, 0.15) is 17.7 Å². The lowest BCUT2D eigenvalue weighted by molar-refractivity contribution is -0.141. The molecule has 0 aliphatic carbocycles. The second-order valence-corrected chi connectivity index (χ2v) is 6.06. The monoisotopic (exact) mass is 322 g/mol. The summed E-state index contributed by atoms with van der Waals surface area (Å²) in [5.41, 5.74) is -0.190. The Morgan fingerprint density at radius 3 is 2.13 bits per heavy atom. The van der Waals surface area contributed by atoms with Crippen LogP contribution in [0, 0.1) is 0 Å². The Hall–Kier alpha value is -2.57. The van der Waals surface area contributed by atoms with Crippen LogP contribution in [-0.4, -0.2) is 34.7 Å². The molecule has 0 aliphatic heterocycles. The van der Waals surface area contributed by atoms with Gasteiger partial charge in [-0.2, -0.15) is 0 Å². The molecule has 2 atom stereocenters. The van der Waals surface area contributed by atoms with Crippen LogP contribution < -0.4 is 10.6 Å². The van der Waals surface area contributed by atoms with Crippen LogP contribution in [0.15, 0.2) is 30.3 Å². The number of carboxylic acids is 1. The summed E-state index contributed by atoms with van der Waals surface area (Å²) in [6.45, 7) is 6.46. The zero-order chi connectivity index (χ0) is 17.6. The number of aliphatic carboxylic acids is 1. The molecule has 0 saturated carbocycles. The van der Waals surface area contributed by atoms with E-state index in [0.29, 0.717) is 5.56 Å². The molecule has 0 unspecified atom stereocenters. The van der Waals surface area contributed by atoms with Gasteiger partial charge in [0.2, 0.25) is 5.91 Å². The van der Waals surface area contributed by atoms with E-state index in [1.165, 1.54) is 6.92 Å². The van der Waals surface area contributed by atoms with Gasteiger partial charge in [-0.05, 0) is 33.3 Å². The second-order valence-electron chi connectivity index (χ2n) is 6.06. The van der Waals surface area contributed by atoms with Crippen molar-refractivity contribution in [2.75, 3.05) is 0 Å². The van der Waals surface area contributed by atoms with Gasteiger partial charge in [-0.15, -0.1) is 0 Å². The molecule has 0 fully saturated rings. The van der Waals surface area contributed by atoms with Crippen molar-refractivity contribution in [3.05, 3.63) is 35.9 Å². The van der Waals surface area contributed by atoms with Crippen LogP contribution in [0.3, 0.4) is 0 Å². The minimum absolute atomic E-state index is 0.522. The minimum Gasteiger partial charge on any atom is -0.480 e. The highest BCUT2D eigenvalue weighted by Gasteiger charge is 2.27. The van der Waals surface area contributed by atoms with E-state index in [4.69, 9.17) is 9.84 Å².